The van der Waals surface area contributed by atoms with Crippen molar-refractivity contribution >= 4 is 41.6 Å². The number of aliphatic imine (C=N–C) groups is 1. The Hall–Kier alpha value is -3.95. The number of carboxylic acid groups (broad SMARTS) is 3. The number of hydrogen-bond acceptors (Lipinski definition) is 8. The molecule has 3 amide bonds. The first-order valence-corrected chi connectivity index (χ1v) is 11.0. The number of nitrogens with two attached hydrogens (primary N) is 3. The Balaban J connectivity index is 5.56. The second-order valence-corrected chi connectivity index (χ2v) is 8.28. The van der Waals surface area contributed by atoms with Crippen LogP contribution in [0.4, 0.5) is 0 Å². The summed E-state index contributed by atoms with van der Waals surface area (Å²) >= 11 is 0. The molecule has 0 aromatic heterocycles. The maximum atomic E-state index is 12.9. The largest absolute Gasteiger partial charge is 0.481 e. The lowest BCUT2D eigenvalue weighted by Gasteiger charge is -2.26. The van der Waals surface area contributed by atoms with Gasteiger partial charge in [0.1, 0.15) is 18.1 Å². The molecule has 0 heterocycles. The number of nitrogens with one attached hydrogen (secondary N) is 3. The summed E-state index contributed by atoms with van der Waals surface area (Å²) in [5.41, 5.74) is 16.2. The second kappa shape index (κ2) is 15.9. The highest BCUT2D eigenvalue weighted by Crippen LogP contribution is 2.07. The van der Waals surface area contributed by atoms with E-state index >= 15 is 0 Å². The summed E-state index contributed by atoms with van der Waals surface area (Å²) in [5.74, 6) is -7.40. The highest BCUT2D eigenvalue weighted by Gasteiger charge is 2.32. The van der Waals surface area contributed by atoms with E-state index in [-0.39, 0.29) is 38.2 Å². The van der Waals surface area contributed by atoms with E-state index in [0.29, 0.717) is 0 Å². The number of aliphatic carboxylic acids is 3. The fourth-order valence-corrected chi connectivity index (χ4v) is 2.89. The van der Waals surface area contributed by atoms with E-state index in [9.17, 15) is 33.9 Å². The topological polar surface area (TPSA) is 290 Å². The van der Waals surface area contributed by atoms with Crippen LogP contribution in [0.2, 0.25) is 0 Å². The molecule has 16 heteroatoms. The van der Waals surface area contributed by atoms with E-state index in [0.717, 1.165) is 0 Å². The van der Waals surface area contributed by atoms with Gasteiger partial charge < -0.3 is 48.5 Å². The average molecular weight is 518 g/mol. The summed E-state index contributed by atoms with van der Waals surface area (Å²) in [6, 6.07) is -5.43. The monoisotopic (exact) mass is 517 g/mol. The lowest BCUT2D eigenvalue weighted by atomic mass is 10.0. The van der Waals surface area contributed by atoms with Crippen LogP contribution in [0.5, 0.6) is 0 Å². The van der Waals surface area contributed by atoms with Crippen molar-refractivity contribution in [3.05, 3.63) is 0 Å². The Morgan fingerprint density at radius 2 is 1.39 bits per heavy atom. The molecule has 0 spiro atoms. The van der Waals surface area contributed by atoms with Gasteiger partial charge in [-0.3, -0.25) is 29.0 Å². The van der Waals surface area contributed by atoms with Crippen LogP contribution in [-0.4, -0.2) is 87.6 Å². The molecule has 0 aliphatic heterocycles. The number of nitrogens with zero attached hydrogens (tertiary/aromatic N) is 1. The van der Waals surface area contributed by atoms with Crippen LogP contribution in [0.15, 0.2) is 4.99 Å². The highest BCUT2D eigenvalue weighted by molar-refractivity contribution is 5.94. The third-order valence-corrected chi connectivity index (χ3v) is 4.82. The van der Waals surface area contributed by atoms with E-state index in [2.05, 4.69) is 20.9 Å². The van der Waals surface area contributed by atoms with Gasteiger partial charge in [0.25, 0.3) is 0 Å². The first kappa shape index (κ1) is 32.0. The van der Waals surface area contributed by atoms with Gasteiger partial charge in [-0.25, -0.2) is 4.79 Å². The molecule has 4 atom stereocenters. The van der Waals surface area contributed by atoms with Crippen LogP contribution in [0, 0.1) is 5.92 Å². The maximum absolute atomic E-state index is 12.9. The van der Waals surface area contributed by atoms with Crippen LogP contribution in [-0.2, 0) is 28.8 Å². The SMILES string of the molecule is CC(C)C(NC(=O)C(N)CCC(=O)O)C(=O)NC(CCCN=C(N)N)C(=O)NC(CC(=O)O)C(=O)O. The van der Waals surface area contributed by atoms with Crippen LogP contribution in [0.1, 0.15) is 46.0 Å². The molecule has 4 unspecified atom stereocenters. The standard InChI is InChI=1S/C20H35N7O9/c1-9(2)15(27-16(32)10(21)5-6-13(28)29)18(34)25-11(4-3-7-24-20(22)23)17(33)26-12(19(35)36)8-14(30)31/h9-12,15H,3-8,21H2,1-2H3,(H,25,34)(H,26,33)(H,27,32)(H,28,29)(H,30,31)(H,35,36)(H4,22,23,24). The smallest absolute Gasteiger partial charge is 0.326 e. The number of guanidine groups is 1. The van der Waals surface area contributed by atoms with Crippen LogP contribution in [0.3, 0.4) is 0 Å². The average Bonchev–Trinajstić information content (AvgIpc) is 2.75. The number of carboxylic acids is 3. The minimum Gasteiger partial charge on any atom is -0.481 e. The second-order valence-electron chi connectivity index (χ2n) is 8.28. The van der Waals surface area contributed by atoms with E-state index < -0.39 is 72.1 Å². The van der Waals surface area contributed by atoms with Crippen molar-refractivity contribution in [1.29, 1.82) is 0 Å². The molecule has 36 heavy (non-hydrogen) atoms. The van der Waals surface area contributed by atoms with E-state index in [1.54, 1.807) is 13.8 Å². The summed E-state index contributed by atoms with van der Waals surface area (Å²) in [4.78, 5) is 74.7. The molecule has 0 saturated heterocycles. The van der Waals surface area contributed by atoms with Crippen molar-refractivity contribution in [1.82, 2.24) is 16.0 Å². The fraction of sp³-hybridized carbons (Fsp3) is 0.650. The quantitative estimate of drug-likeness (QED) is 0.0526. The Kier molecular flexibility index (Phi) is 14.1. The first-order chi connectivity index (χ1) is 16.6. The molecule has 0 aliphatic carbocycles. The van der Waals surface area contributed by atoms with Crippen molar-refractivity contribution in [2.75, 3.05) is 6.54 Å². The molecule has 0 aliphatic rings. The lowest BCUT2D eigenvalue weighted by molar-refractivity contribution is -0.147. The number of rotatable bonds is 17. The van der Waals surface area contributed by atoms with Gasteiger partial charge in [0.2, 0.25) is 17.7 Å². The Labute approximate surface area is 207 Å². The minimum absolute atomic E-state index is 0.0509. The van der Waals surface area contributed by atoms with Gasteiger partial charge in [0.05, 0.1) is 12.5 Å². The number of carbonyl (C=O) groups excluding carboxylic acids is 3. The van der Waals surface area contributed by atoms with Gasteiger partial charge in [-0.05, 0) is 25.2 Å². The summed E-state index contributed by atoms with van der Waals surface area (Å²) in [6.07, 6.45) is -1.28. The van der Waals surface area contributed by atoms with Gasteiger partial charge in [0.15, 0.2) is 5.96 Å². The predicted octanol–water partition coefficient (Wildman–Crippen LogP) is -3.10. The van der Waals surface area contributed by atoms with E-state index in [4.69, 9.17) is 27.4 Å². The molecular weight excluding hydrogens is 482 g/mol. The zero-order valence-electron chi connectivity index (χ0n) is 20.1. The third kappa shape index (κ3) is 13.1. The predicted molar refractivity (Wildman–Crippen MR) is 125 cm³/mol. The van der Waals surface area contributed by atoms with Gasteiger partial charge >= 0.3 is 17.9 Å². The summed E-state index contributed by atoms with van der Waals surface area (Å²) in [5, 5.41) is 33.7. The van der Waals surface area contributed by atoms with Crippen molar-refractivity contribution in [3.8, 4) is 0 Å². The molecule has 0 rings (SSSR count). The third-order valence-electron chi connectivity index (χ3n) is 4.82. The van der Waals surface area contributed by atoms with Crippen molar-refractivity contribution < 1.29 is 44.1 Å². The van der Waals surface area contributed by atoms with E-state index in [1.807, 2.05) is 0 Å². The molecule has 0 saturated carbocycles. The van der Waals surface area contributed by atoms with Crippen LogP contribution < -0.4 is 33.2 Å². The van der Waals surface area contributed by atoms with E-state index in [1.165, 1.54) is 0 Å². The Morgan fingerprint density at radius 3 is 1.86 bits per heavy atom. The lowest BCUT2D eigenvalue weighted by Crippen LogP contribution is -2.58. The number of amides is 3. The molecule has 0 fully saturated rings. The molecule has 0 aromatic rings. The minimum atomic E-state index is -1.75. The fourth-order valence-electron chi connectivity index (χ4n) is 2.89. The molecule has 16 nitrogen and oxygen atoms in total. The summed E-state index contributed by atoms with van der Waals surface area (Å²) in [7, 11) is 0. The van der Waals surface area contributed by atoms with Gasteiger partial charge in [-0.1, -0.05) is 13.8 Å². The molecule has 0 aromatic carbocycles. The Morgan fingerprint density at radius 1 is 0.806 bits per heavy atom. The highest BCUT2D eigenvalue weighted by atomic mass is 16.4. The molecular formula is C20H35N7O9. The van der Waals surface area contributed by atoms with Gasteiger partial charge in [-0.2, -0.15) is 0 Å². The number of carbonyl (C=O) groups is 6. The first-order valence-electron chi connectivity index (χ1n) is 11.0. The molecule has 204 valence electrons. The summed E-state index contributed by atoms with van der Waals surface area (Å²) < 4.78 is 0. The Bertz CT molecular complexity index is 843. The van der Waals surface area contributed by atoms with Gasteiger partial charge in [-0.15, -0.1) is 0 Å². The molecule has 0 radical (unpaired) electrons. The number of hydrogen-bond donors (Lipinski definition) is 9. The van der Waals surface area contributed by atoms with Crippen molar-refractivity contribution in [2.45, 2.75) is 70.1 Å². The van der Waals surface area contributed by atoms with Gasteiger partial charge in [0, 0.05) is 13.0 Å². The van der Waals surface area contributed by atoms with Crippen molar-refractivity contribution in [2.24, 2.45) is 28.1 Å². The van der Waals surface area contributed by atoms with Crippen molar-refractivity contribution in [3.63, 3.8) is 0 Å². The molecule has 0 bridgehead atoms. The zero-order chi connectivity index (χ0) is 28.0. The van der Waals surface area contributed by atoms with Crippen LogP contribution >= 0.6 is 0 Å². The zero-order valence-corrected chi connectivity index (χ0v) is 20.1. The normalized spacial score (nSPS) is 14.0. The summed E-state index contributed by atoms with van der Waals surface area (Å²) in [6.45, 7) is 3.30. The molecule has 12 N–H and O–H groups in total. The maximum Gasteiger partial charge on any atom is 0.326 e. The van der Waals surface area contributed by atoms with Crippen LogP contribution in [0.25, 0.3) is 0 Å².